The number of carbonyl (C=O) groups excluding carboxylic acids is 1. The average molecular weight is 360 g/mol. The number of hydrogen-bond donors (Lipinski definition) is 2. The third-order valence-corrected chi connectivity index (χ3v) is 4.25. The van der Waals surface area contributed by atoms with Gasteiger partial charge in [0.05, 0.1) is 17.4 Å². The summed E-state index contributed by atoms with van der Waals surface area (Å²) in [5, 5.41) is 8.72. The summed E-state index contributed by atoms with van der Waals surface area (Å²) in [5.74, 6) is -0.577. The Morgan fingerprint density at radius 3 is 2.50 bits per heavy atom. The van der Waals surface area contributed by atoms with Gasteiger partial charge in [-0.25, -0.2) is 9.36 Å². The summed E-state index contributed by atoms with van der Waals surface area (Å²) in [7, 11) is 0. The Morgan fingerprint density at radius 1 is 1.27 bits per heavy atom. The van der Waals surface area contributed by atoms with Gasteiger partial charge in [0.25, 0.3) is 0 Å². The van der Waals surface area contributed by atoms with Gasteiger partial charge >= 0.3 is 6.55 Å². The second-order valence-corrected chi connectivity index (χ2v) is 6.43. The number of amides is 1. The van der Waals surface area contributed by atoms with Crippen molar-refractivity contribution < 1.29 is 13.6 Å². The van der Waals surface area contributed by atoms with Gasteiger partial charge < -0.3 is 11.5 Å². The second kappa shape index (κ2) is 5.94. The van der Waals surface area contributed by atoms with E-state index < -0.39 is 18.0 Å². The van der Waals surface area contributed by atoms with Crippen LogP contribution in [0.4, 0.5) is 8.78 Å². The molecule has 1 amide bonds. The van der Waals surface area contributed by atoms with Crippen molar-refractivity contribution in [2.45, 2.75) is 25.9 Å². The number of benzene rings is 1. The first kappa shape index (κ1) is 17.6. The minimum absolute atomic E-state index is 0.243. The van der Waals surface area contributed by atoms with Crippen LogP contribution in [0.3, 0.4) is 0 Å². The molecule has 0 fully saturated rings. The van der Waals surface area contributed by atoms with Gasteiger partial charge in [-0.2, -0.15) is 19.0 Å². The number of halogens is 2. The first-order valence-corrected chi connectivity index (χ1v) is 7.73. The fourth-order valence-corrected chi connectivity index (χ4v) is 2.66. The van der Waals surface area contributed by atoms with Crippen LogP contribution in [0.15, 0.2) is 37.2 Å². The van der Waals surface area contributed by atoms with E-state index in [1.807, 2.05) is 0 Å². The summed E-state index contributed by atoms with van der Waals surface area (Å²) < 4.78 is 27.6. The normalized spacial score (nSPS) is 12.0. The Balaban J connectivity index is 2.24. The summed E-state index contributed by atoms with van der Waals surface area (Å²) in [6.07, 6.45) is 2.59. The van der Waals surface area contributed by atoms with Gasteiger partial charge in [0, 0.05) is 17.1 Å². The van der Waals surface area contributed by atoms with Crippen molar-refractivity contribution in [1.29, 1.82) is 0 Å². The van der Waals surface area contributed by atoms with Gasteiger partial charge in [-0.15, -0.1) is 0 Å². The summed E-state index contributed by atoms with van der Waals surface area (Å²) in [4.78, 5) is 11.9. The van der Waals surface area contributed by atoms with E-state index in [-0.39, 0.29) is 5.70 Å². The quantitative estimate of drug-likeness (QED) is 0.729. The van der Waals surface area contributed by atoms with Crippen LogP contribution in [-0.2, 0) is 10.3 Å². The van der Waals surface area contributed by atoms with Gasteiger partial charge in [0.15, 0.2) is 0 Å². The minimum atomic E-state index is -2.72. The molecule has 3 aromatic rings. The SMILES string of the molecule is C=C(N)c1nn(C(C)(C)C(N)=O)c2cc(-c3cnn(C(F)F)c3)ccc12. The molecule has 0 aliphatic heterocycles. The van der Waals surface area contributed by atoms with E-state index in [1.165, 1.54) is 17.1 Å². The molecule has 0 saturated heterocycles. The maximum absolute atomic E-state index is 12.8. The lowest BCUT2D eigenvalue weighted by Crippen LogP contribution is -2.41. The Hall–Kier alpha value is -3.23. The van der Waals surface area contributed by atoms with Crippen molar-refractivity contribution in [1.82, 2.24) is 19.6 Å². The molecule has 3 rings (SSSR count). The molecule has 9 heteroatoms. The topological polar surface area (TPSA) is 105 Å². The fourth-order valence-electron chi connectivity index (χ4n) is 2.66. The number of carbonyl (C=O) groups is 1. The number of fused-ring (bicyclic) bond motifs is 1. The highest BCUT2D eigenvalue weighted by atomic mass is 19.3. The highest BCUT2D eigenvalue weighted by Gasteiger charge is 2.31. The van der Waals surface area contributed by atoms with Gasteiger partial charge in [-0.3, -0.25) is 4.79 Å². The molecule has 0 aliphatic carbocycles. The smallest absolute Gasteiger partial charge is 0.333 e. The molecule has 0 saturated carbocycles. The molecule has 2 heterocycles. The molecule has 4 N–H and O–H groups in total. The van der Waals surface area contributed by atoms with Gasteiger partial charge in [-0.05, 0) is 31.5 Å². The molecule has 136 valence electrons. The Morgan fingerprint density at radius 2 is 1.96 bits per heavy atom. The van der Waals surface area contributed by atoms with E-state index in [4.69, 9.17) is 11.5 Å². The van der Waals surface area contributed by atoms with E-state index in [0.29, 0.717) is 32.4 Å². The van der Waals surface area contributed by atoms with Crippen molar-refractivity contribution in [2.75, 3.05) is 0 Å². The Labute approximate surface area is 147 Å². The number of rotatable bonds is 5. The second-order valence-electron chi connectivity index (χ2n) is 6.43. The molecule has 0 spiro atoms. The van der Waals surface area contributed by atoms with Crippen LogP contribution < -0.4 is 11.5 Å². The molecule has 0 aliphatic rings. The van der Waals surface area contributed by atoms with Crippen LogP contribution in [0.2, 0.25) is 0 Å². The van der Waals surface area contributed by atoms with Gasteiger partial charge in [0.2, 0.25) is 5.91 Å². The first-order valence-electron chi connectivity index (χ1n) is 7.73. The van der Waals surface area contributed by atoms with Crippen molar-refractivity contribution in [3.05, 3.63) is 42.9 Å². The standard InChI is InChI=1S/C17H18F2N6O/c1-9(20)14-12-5-4-10(11-7-22-24(8-11)16(18)19)6-13(12)25(23-14)17(2,3)15(21)26/h4-8,16H,1,20H2,2-3H3,(H2,21,26). The molecule has 1 aromatic carbocycles. The third kappa shape index (κ3) is 2.71. The molecule has 7 nitrogen and oxygen atoms in total. The van der Waals surface area contributed by atoms with Crippen molar-refractivity contribution in [2.24, 2.45) is 11.5 Å². The lowest BCUT2D eigenvalue weighted by atomic mass is 10.0. The van der Waals surface area contributed by atoms with Crippen molar-refractivity contribution in [3.8, 4) is 11.1 Å². The van der Waals surface area contributed by atoms with E-state index >= 15 is 0 Å². The molecule has 0 unspecified atom stereocenters. The third-order valence-electron chi connectivity index (χ3n) is 4.25. The van der Waals surface area contributed by atoms with Crippen LogP contribution in [0, 0.1) is 0 Å². The number of hydrogen-bond acceptors (Lipinski definition) is 4. The number of alkyl halides is 2. The largest absolute Gasteiger partial charge is 0.397 e. The predicted molar refractivity (Wildman–Crippen MR) is 93.9 cm³/mol. The summed E-state index contributed by atoms with van der Waals surface area (Å²) >= 11 is 0. The lowest BCUT2D eigenvalue weighted by molar-refractivity contribution is -0.125. The number of nitrogens with two attached hydrogens (primary N) is 2. The molecular weight excluding hydrogens is 342 g/mol. The summed E-state index contributed by atoms with van der Waals surface area (Å²) in [6.45, 7) is 4.25. The highest BCUT2D eigenvalue weighted by Crippen LogP contribution is 2.31. The predicted octanol–water partition coefficient (Wildman–Crippen LogP) is 2.44. The number of aromatic nitrogens is 4. The van der Waals surface area contributed by atoms with Crippen molar-refractivity contribution in [3.63, 3.8) is 0 Å². The van der Waals surface area contributed by atoms with E-state index in [9.17, 15) is 13.6 Å². The molecule has 0 bridgehead atoms. The van der Waals surface area contributed by atoms with Crippen molar-refractivity contribution >= 4 is 22.5 Å². The number of primary amides is 1. The summed E-state index contributed by atoms with van der Waals surface area (Å²) in [6, 6.07) is 5.22. The van der Waals surface area contributed by atoms with Crippen LogP contribution in [-0.4, -0.2) is 25.5 Å². The maximum atomic E-state index is 12.8. The Bertz CT molecular complexity index is 1020. The lowest BCUT2D eigenvalue weighted by Gasteiger charge is -2.22. The molecule has 2 aromatic heterocycles. The average Bonchev–Trinajstić information content (AvgIpc) is 3.19. The monoisotopic (exact) mass is 360 g/mol. The number of nitrogens with zero attached hydrogens (tertiary/aromatic N) is 4. The van der Waals surface area contributed by atoms with Crippen LogP contribution in [0.25, 0.3) is 27.7 Å². The minimum Gasteiger partial charge on any atom is -0.397 e. The molecule has 0 radical (unpaired) electrons. The summed E-state index contributed by atoms with van der Waals surface area (Å²) in [5.41, 5.74) is 12.6. The zero-order valence-corrected chi connectivity index (χ0v) is 14.3. The maximum Gasteiger partial charge on any atom is 0.333 e. The molecule has 26 heavy (non-hydrogen) atoms. The molecular formula is C17H18F2N6O. The van der Waals surface area contributed by atoms with E-state index in [1.54, 1.807) is 32.0 Å². The fraction of sp³-hybridized carbons (Fsp3) is 0.235. The van der Waals surface area contributed by atoms with E-state index in [0.717, 1.165) is 0 Å². The highest BCUT2D eigenvalue weighted by molar-refractivity contribution is 5.94. The van der Waals surface area contributed by atoms with Gasteiger partial charge in [0.1, 0.15) is 11.2 Å². The van der Waals surface area contributed by atoms with Crippen LogP contribution in [0.1, 0.15) is 26.1 Å². The van der Waals surface area contributed by atoms with Gasteiger partial charge in [-0.1, -0.05) is 12.6 Å². The molecule has 0 atom stereocenters. The Kier molecular flexibility index (Phi) is 4.02. The zero-order valence-electron chi connectivity index (χ0n) is 14.3. The zero-order chi connectivity index (χ0) is 19.2. The first-order chi connectivity index (χ1) is 12.1. The van der Waals surface area contributed by atoms with Crippen LogP contribution >= 0.6 is 0 Å². The van der Waals surface area contributed by atoms with E-state index in [2.05, 4.69) is 16.8 Å². The van der Waals surface area contributed by atoms with Crippen LogP contribution in [0.5, 0.6) is 0 Å².